The van der Waals surface area contributed by atoms with Gasteiger partial charge in [-0.05, 0) is 73.4 Å². The molecule has 4 heteroatoms. The minimum absolute atomic E-state index is 0.0429. The summed E-state index contributed by atoms with van der Waals surface area (Å²) in [7, 11) is 0. The Hall–Kier alpha value is -2.88. The lowest BCUT2D eigenvalue weighted by Crippen LogP contribution is -2.22. The quantitative estimate of drug-likeness (QED) is 0.723. The lowest BCUT2D eigenvalue weighted by atomic mass is 10.1. The standard InChI is InChI=1S/C20H18FNO2/c1-14-4-2-3-5-18(14)22-17(11-13-20(23)24)10-12-19(22)15-6-8-16(21)9-7-15/h2-10,12H,11,13H2,1H3,(H,23,24)/p-1. The molecule has 0 aliphatic rings. The molecule has 0 radical (unpaired) electrons. The first kappa shape index (κ1) is 16.0. The van der Waals surface area contributed by atoms with Crippen molar-refractivity contribution in [1.82, 2.24) is 4.57 Å². The van der Waals surface area contributed by atoms with Crippen molar-refractivity contribution in [3.63, 3.8) is 0 Å². The third kappa shape index (κ3) is 3.23. The van der Waals surface area contributed by atoms with Crippen LogP contribution in [0.5, 0.6) is 0 Å². The Labute approximate surface area is 140 Å². The molecule has 3 aromatic rings. The monoisotopic (exact) mass is 322 g/mol. The van der Waals surface area contributed by atoms with Gasteiger partial charge < -0.3 is 14.5 Å². The highest BCUT2D eigenvalue weighted by atomic mass is 19.1. The number of carbonyl (C=O) groups is 1. The normalized spacial score (nSPS) is 10.8. The first-order valence-electron chi connectivity index (χ1n) is 7.78. The Morgan fingerprint density at radius 2 is 1.75 bits per heavy atom. The van der Waals surface area contributed by atoms with Crippen LogP contribution in [0.2, 0.25) is 0 Å². The zero-order chi connectivity index (χ0) is 17.1. The maximum atomic E-state index is 13.2. The van der Waals surface area contributed by atoms with E-state index in [1.807, 2.05) is 47.9 Å². The Morgan fingerprint density at radius 3 is 2.42 bits per heavy atom. The van der Waals surface area contributed by atoms with Gasteiger partial charge in [0.1, 0.15) is 5.82 Å². The van der Waals surface area contributed by atoms with E-state index in [4.69, 9.17) is 0 Å². The van der Waals surface area contributed by atoms with Gasteiger partial charge in [0.05, 0.1) is 5.69 Å². The predicted molar refractivity (Wildman–Crippen MR) is 89.2 cm³/mol. The highest BCUT2D eigenvalue weighted by molar-refractivity contribution is 5.67. The van der Waals surface area contributed by atoms with Crippen LogP contribution in [-0.4, -0.2) is 10.5 Å². The topological polar surface area (TPSA) is 45.1 Å². The molecule has 0 N–H and O–H groups in total. The summed E-state index contributed by atoms with van der Waals surface area (Å²) in [5.41, 5.74) is 4.71. The van der Waals surface area contributed by atoms with Crippen LogP contribution < -0.4 is 5.11 Å². The maximum Gasteiger partial charge on any atom is 0.123 e. The van der Waals surface area contributed by atoms with Gasteiger partial charge in [0.2, 0.25) is 0 Å². The van der Waals surface area contributed by atoms with Crippen molar-refractivity contribution in [2.75, 3.05) is 0 Å². The summed E-state index contributed by atoms with van der Waals surface area (Å²) in [5.74, 6) is -1.36. The van der Waals surface area contributed by atoms with Crippen LogP contribution in [0.3, 0.4) is 0 Å². The molecular formula is C20H17FNO2-. The van der Waals surface area contributed by atoms with Crippen LogP contribution in [0, 0.1) is 12.7 Å². The second-order valence-electron chi connectivity index (χ2n) is 5.71. The van der Waals surface area contributed by atoms with E-state index in [2.05, 4.69) is 0 Å². The molecule has 3 rings (SSSR count). The van der Waals surface area contributed by atoms with E-state index in [1.54, 1.807) is 12.1 Å². The van der Waals surface area contributed by atoms with Crippen LogP contribution >= 0.6 is 0 Å². The molecule has 0 unspecified atom stereocenters. The molecule has 0 spiro atoms. The average Bonchev–Trinajstić information content (AvgIpc) is 2.98. The smallest absolute Gasteiger partial charge is 0.123 e. The molecule has 0 saturated carbocycles. The van der Waals surface area contributed by atoms with E-state index in [-0.39, 0.29) is 12.2 Å². The lowest BCUT2D eigenvalue weighted by molar-refractivity contribution is -0.305. The molecule has 1 heterocycles. The predicted octanol–water partition coefficient (Wildman–Crippen LogP) is 3.27. The number of aryl methyl sites for hydroxylation is 2. The third-order valence-electron chi connectivity index (χ3n) is 4.04. The van der Waals surface area contributed by atoms with E-state index >= 15 is 0 Å². The molecule has 0 aliphatic heterocycles. The van der Waals surface area contributed by atoms with Crippen molar-refractivity contribution in [1.29, 1.82) is 0 Å². The van der Waals surface area contributed by atoms with E-state index in [0.29, 0.717) is 6.42 Å². The SMILES string of the molecule is Cc1ccccc1-n1c(CCC(=O)[O-])ccc1-c1ccc(F)cc1. The summed E-state index contributed by atoms with van der Waals surface area (Å²) in [6.45, 7) is 2.01. The van der Waals surface area contributed by atoms with Crippen LogP contribution in [0.15, 0.2) is 60.7 Å². The molecule has 0 amide bonds. The molecule has 24 heavy (non-hydrogen) atoms. The second kappa shape index (κ2) is 6.71. The number of aromatic nitrogens is 1. The molecule has 122 valence electrons. The minimum Gasteiger partial charge on any atom is -0.550 e. The van der Waals surface area contributed by atoms with Gasteiger partial charge >= 0.3 is 0 Å². The van der Waals surface area contributed by atoms with Gasteiger partial charge in [0, 0.05) is 17.4 Å². The number of rotatable bonds is 5. The molecular weight excluding hydrogens is 305 g/mol. The fourth-order valence-electron chi connectivity index (χ4n) is 2.85. The van der Waals surface area contributed by atoms with Crippen molar-refractivity contribution in [2.24, 2.45) is 0 Å². The van der Waals surface area contributed by atoms with Gasteiger partial charge in [-0.15, -0.1) is 0 Å². The number of para-hydroxylation sites is 1. The molecule has 2 aromatic carbocycles. The Bertz CT molecular complexity index is 866. The van der Waals surface area contributed by atoms with Crippen molar-refractivity contribution < 1.29 is 14.3 Å². The number of hydrogen-bond acceptors (Lipinski definition) is 2. The van der Waals surface area contributed by atoms with Gasteiger partial charge in [0.25, 0.3) is 0 Å². The number of benzene rings is 2. The van der Waals surface area contributed by atoms with Crippen LogP contribution in [-0.2, 0) is 11.2 Å². The fourth-order valence-corrected chi connectivity index (χ4v) is 2.85. The molecule has 0 atom stereocenters. The maximum absolute atomic E-state index is 13.2. The van der Waals surface area contributed by atoms with Gasteiger partial charge in [-0.3, -0.25) is 0 Å². The zero-order valence-electron chi connectivity index (χ0n) is 13.3. The number of nitrogens with zero attached hydrogens (tertiary/aromatic N) is 1. The van der Waals surface area contributed by atoms with Crippen LogP contribution in [0.25, 0.3) is 16.9 Å². The van der Waals surface area contributed by atoms with Gasteiger partial charge in [0.15, 0.2) is 0 Å². The van der Waals surface area contributed by atoms with Crippen molar-refractivity contribution >= 4 is 5.97 Å². The van der Waals surface area contributed by atoms with E-state index < -0.39 is 5.97 Å². The van der Waals surface area contributed by atoms with Crippen LogP contribution in [0.4, 0.5) is 4.39 Å². The number of carboxylic acids is 1. The average molecular weight is 322 g/mol. The fraction of sp³-hybridized carbons (Fsp3) is 0.150. The van der Waals surface area contributed by atoms with E-state index in [1.165, 1.54) is 12.1 Å². The lowest BCUT2D eigenvalue weighted by Gasteiger charge is -2.16. The molecule has 0 fully saturated rings. The molecule has 0 saturated heterocycles. The summed E-state index contributed by atoms with van der Waals surface area (Å²) in [4.78, 5) is 10.8. The summed E-state index contributed by atoms with van der Waals surface area (Å²) in [6, 6.07) is 18.0. The Kier molecular flexibility index (Phi) is 4.47. The first-order valence-corrected chi connectivity index (χ1v) is 7.78. The van der Waals surface area contributed by atoms with Crippen molar-refractivity contribution in [2.45, 2.75) is 19.8 Å². The summed E-state index contributed by atoms with van der Waals surface area (Å²) in [6.07, 6.45) is 0.330. The van der Waals surface area contributed by atoms with Crippen molar-refractivity contribution in [3.05, 3.63) is 77.7 Å². The molecule has 0 bridgehead atoms. The molecule has 0 aliphatic carbocycles. The minimum atomic E-state index is -1.07. The number of hydrogen-bond donors (Lipinski definition) is 0. The van der Waals surface area contributed by atoms with Crippen molar-refractivity contribution in [3.8, 4) is 16.9 Å². The Morgan fingerprint density at radius 1 is 1.04 bits per heavy atom. The summed E-state index contributed by atoms with van der Waals surface area (Å²) < 4.78 is 15.3. The first-order chi connectivity index (χ1) is 11.6. The number of carbonyl (C=O) groups excluding carboxylic acids is 1. The summed E-state index contributed by atoms with van der Waals surface area (Å²) >= 11 is 0. The highest BCUT2D eigenvalue weighted by Gasteiger charge is 2.13. The van der Waals surface area contributed by atoms with E-state index in [0.717, 1.165) is 28.2 Å². The van der Waals surface area contributed by atoms with Gasteiger partial charge in [-0.1, -0.05) is 18.2 Å². The second-order valence-corrected chi connectivity index (χ2v) is 5.71. The highest BCUT2D eigenvalue weighted by Crippen LogP contribution is 2.29. The molecule has 1 aromatic heterocycles. The van der Waals surface area contributed by atoms with Gasteiger partial charge in [-0.25, -0.2) is 4.39 Å². The number of halogens is 1. The Balaban J connectivity index is 2.14. The summed E-state index contributed by atoms with van der Waals surface area (Å²) in [5, 5.41) is 10.8. The molecule has 3 nitrogen and oxygen atoms in total. The third-order valence-corrected chi connectivity index (χ3v) is 4.04. The number of aliphatic carboxylic acids is 1. The van der Waals surface area contributed by atoms with E-state index in [9.17, 15) is 14.3 Å². The number of carboxylic acid groups (broad SMARTS) is 1. The van der Waals surface area contributed by atoms with Crippen LogP contribution in [0.1, 0.15) is 17.7 Å². The zero-order valence-corrected chi connectivity index (χ0v) is 13.3. The van der Waals surface area contributed by atoms with Gasteiger partial charge in [-0.2, -0.15) is 0 Å². The largest absolute Gasteiger partial charge is 0.550 e.